The molecule has 8 heteroatoms. The van der Waals surface area contributed by atoms with Crippen molar-refractivity contribution in [3.05, 3.63) is 87.0 Å². The molecule has 1 amide bonds. The van der Waals surface area contributed by atoms with Crippen LogP contribution in [0.1, 0.15) is 31.9 Å². The molecule has 3 aromatic carbocycles. The lowest BCUT2D eigenvalue weighted by Crippen LogP contribution is -2.22. The van der Waals surface area contributed by atoms with Crippen molar-refractivity contribution in [2.45, 2.75) is 33.1 Å². The Bertz CT molecular complexity index is 1700. The van der Waals surface area contributed by atoms with E-state index >= 15 is 0 Å². The second kappa shape index (κ2) is 9.65. The molecular weight excluding hydrogens is 508 g/mol. The van der Waals surface area contributed by atoms with E-state index in [4.69, 9.17) is 20.8 Å². The molecule has 0 aliphatic heterocycles. The summed E-state index contributed by atoms with van der Waals surface area (Å²) in [5.74, 6) is -0.229. The topological polar surface area (TPSA) is 81.4 Å². The fraction of sp³-hybridized carbons (Fsp3) is 0.207. The number of carbonyl (C=O) groups is 1. The fourth-order valence-electron chi connectivity index (χ4n) is 3.98. The SMILES string of the molecule is Cc1ccc2sc(NC(=O)COc3c(-c4ccc(C(C)(C)C)cc4)oc4ccc(Cl)cc4c3=O)nc2c1. The first-order chi connectivity index (χ1) is 17.6. The molecule has 0 unspecified atom stereocenters. The zero-order valence-corrected chi connectivity index (χ0v) is 22.4. The van der Waals surface area contributed by atoms with E-state index in [9.17, 15) is 9.59 Å². The van der Waals surface area contributed by atoms with Crippen molar-refractivity contribution in [3.8, 4) is 17.1 Å². The van der Waals surface area contributed by atoms with Gasteiger partial charge in [-0.25, -0.2) is 4.98 Å². The molecule has 0 aliphatic carbocycles. The van der Waals surface area contributed by atoms with Gasteiger partial charge in [-0.15, -0.1) is 0 Å². The van der Waals surface area contributed by atoms with Gasteiger partial charge in [-0.2, -0.15) is 0 Å². The molecule has 5 aromatic rings. The average Bonchev–Trinajstić information content (AvgIpc) is 3.24. The van der Waals surface area contributed by atoms with E-state index in [0.29, 0.717) is 21.3 Å². The van der Waals surface area contributed by atoms with Crippen LogP contribution in [-0.2, 0) is 10.2 Å². The van der Waals surface area contributed by atoms with Gasteiger partial charge < -0.3 is 9.15 Å². The van der Waals surface area contributed by atoms with Gasteiger partial charge in [0, 0.05) is 10.6 Å². The van der Waals surface area contributed by atoms with Crippen molar-refractivity contribution in [2.75, 3.05) is 11.9 Å². The number of aromatic nitrogens is 1. The lowest BCUT2D eigenvalue weighted by Gasteiger charge is -2.19. The maximum Gasteiger partial charge on any atom is 0.264 e. The minimum atomic E-state index is -0.435. The third kappa shape index (κ3) is 5.24. The molecule has 0 saturated carbocycles. The Morgan fingerprint density at radius 2 is 1.84 bits per heavy atom. The zero-order chi connectivity index (χ0) is 26.3. The third-order valence-electron chi connectivity index (χ3n) is 5.96. The minimum Gasteiger partial charge on any atom is -0.476 e. The second-order valence-electron chi connectivity index (χ2n) is 9.88. The van der Waals surface area contributed by atoms with Crippen LogP contribution in [0.15, 0.2) is 69.9 Å². The smallest absolute Gasteiger partial charge is 0.264 e. The van der Waals surface area contributed by atoms with Crippen LogP contribution in [0.2, 0.25) is 5.02 Å². The maximum absolute atomic E-state index is 13.4. The number of amides is 1. The lowest BCUT2D eigenvalue weighted by molar-refractivity contribution is -0.118. The number of thiazole rings is 1. The number of aryl methyl sites for hydroxylation is 1. The van der Waals surface area contributed by atoms with Crippen molar-refractivity contribution >= 4 is 55.2 Å². The first kappa shape index (κ1) is 25.0. The van der Waals surface area contributed by atoms with E-state index in [0.717, 1.165) is 21.3 Å². The number of ether oxygens (including phenoxy) is 1. The lowest BCUT2D eigenvalue weighted by atomic mass is 9.86. The maximum atomic E-state index is 13.4. The number of anilines is 1. The van der Waals surface area contributed by atoms with E-state index in [1.54, 1.807) is 12.1 Å². The highest BCUT2D eigenvalue weighted by Gasteiger charge is 2.21. The summed E-state index contributed by atoms with van der Waals surface area (Å²) in [7, 11) is 0. The summed E-state index contributed by atoms with van der Waals surface area (Å²) in [6.07, 6.45) is 0. The number of hydrogen-bond acceptors (Lipinski definition) is 6. The van der Waals surface area contributed by atoms with Gasteiger partial charge in [0.1, 0.15) is 5.58 Å². The zero-order valence-electron chi connectivity index (χ0n) is 20.8. The normalized spacial score (nSPS) is 11.7. The first-order valence-corrected chi connectivity index (χ1v) is 12.9. The number of rotatable bonds is 5. The summed E-state index contributed by atoms with van der Waals surface area (Å²) >= 11 is 7.50. The molecular formula is C29H25ClN2O4S. The quantitative estimate of drug-likeness (QED) is 0.256. The summed E-state index contributed by atoms with van der Waals surface area (Å²) in [5.41, 5.74) is 3.65. The van der Waals surface area contributed by atoms with Crippen molar-refractivity contribution in [2.24, 2.45) is 0 Å². The average molecular weight is 533 g/mol. The number of nitrogens with zero attached hydrogens (tertiary/aromatic N) is 1. The molecule has 0 saturated heterocycles. The molecule has 6 nitrogen and oxygen atoms in total. The fourth-order valence-corrected chi connectivity index (χ4v) is 5.01. The van der Waals surface area contributed by atoms with Crippen LogP contribution in [0.5, 0.6) is 5.75 Å². The molecule has 0 aliphatic rings. The van der Waals surface area contributed by atoms with Gasteiger partial charge in [-0.1, -0.05) is 74.0 Å². The van der Waals surface area contributed by atoms with Gasteiger partial charge in [-0.3, -0.25) is 14.9 Å². The van der Waals surface area contributed by atoms with Gasteiger partial charge in [0.2, 0.25) is 11.2 Å². The van der Waals surface area contributed by atoms with E-state index in [-0.39, 0.29) is 22.3 Å². The van der Waals surface area contributed by atoms with Crippen LogP contribution >= 0.6 is 22.9 Å². The van der Waals surface area contributed by atoms with Gasteiger partial charge >= 0.3 is 0 Å². The first-order valence-electron chi connectivity index (χ1n) is 11.8. The predicted molar refractivity (Wildman–Crippen MR) is 150 cm³/mol. The molecule has 0 spiro atoms. The van der Waals surface area contributed by atoms with Gasteiger partial charge in [0.15, 0.2) is 17.5 Å². The Balaban J connectivity index is 1.46. The summed E-state index contributed by atoms with van der Waals surface area (Å²) < 4.78 is 12.9. The van der Waals surface area contributed by atoms with Crippen LogP contribution in [0.4, 0.5) is 5.13 Å². The minimum absolute atomic E-state index is 0.0315. The number of fused-ring (bicyclic) bond motifs is 2. The van der Waals surface area contributed by atoms with Crippen LogP contribution in [-0.4, -0.2) is 17.5 Å². The van der Waals surface area contributed by atoms with Crippen LogP contribution in [0.25, 0.3) is 32.5 Å². The molecule has 0 radical (unpaired) electrons. The number of benzene rings is 3. The van der Waals surface area contributed by atoms with Crippen molar-refractivity contribution in [1.29, 1.82) is 0 Å². The molecule has 5 rings (SSSR count). The van der Waals surface area contributed by atoms with Crippen molar-refractivity contribution in [3.63, 3.8) is 0 Å². The Labute approximate surface area is 222 Å². The summed E-state index contributed by atoms with van der Waals surface area (Å²) in [4.78, 5) is 30.6. The standard InChI is InChI=1S/C29H25ClN2O4S/c1-16-5-12-23-21(13-16)31-28(37-23)32-24(33)15-35-27-25(34)20-14-19(30)10-11-22(20)36-26(27)17-6-8-18(9-7-17)29(2,3)4/h5-14H,15H2,1-4H3,(H,31,32,33). The van der Waals surface area contributed by atoms with Crippen LogP contribution in [0.3, 0.4) is 0 Å². The molecule has 0 bridgehead atoms. The van der Waals surface area contributed by atoms with Crippen molar-refractivity contribution in [1.82, 2.24) is 4.98 Å². The van der Waals surface area contributed by atoms with Crippen LogP contribution < -0.4 is 15.5 Å². The predicted octanol–water partition coefficient (Wildman–Crippen LogP) is 7.35. The summed E-state index contributed by atoms with van der Waals surface area (Å²) in [6.45, 7) is 7.98. The molecule has 2 aromatic heterocycles. The highest BCUT2D eigenvalue weighted by atomic mass is 35.5. The van der Waals surface area contributed by atoms with E-state index in [2.05, 4.69) is 31.1 Å². The number of nitrogens with one attached hydrogen (secondary N) is 1. The monoisotopic (exact) mass is 532 g/mol. The number of hydrogen-bond donors (Lipinski definition) is 1. The van der Waals surface area contributed by atoms with E-state index < -0.39 is 17.9 Å². The molecule has 1 N–H and O–H groups in total. The molecule has 2 heterocycles. The number of halogens is 1. The Hall–Kier alpha value is -3.68. The summed E-state index contributed by atoms with van der Waals surface area (Å²) in [6, 6.07) is 18.5. The van der Waals surface area contributed by atoms with E-state index in [1.165, 1.54) is 17.4 Å². The molecule has 37 heavy (non-hydrogen) atoms. The van der Waals surface area contributed by atoms with Gasteiger partial charge in [-0.05, 0) is 53.8 Å². The Kier molecular flexibility index (Phi) is 6.52. The molecule has 0 fully saturated rings. The molecule has 188 valence electrons. The van der Waals surface area contributed by atoms with Gasteiger partial charge in [0.25, 0.3) is 5.91 Å². The Morgan fingerprint density at radius 1 is 1.08 bits per heavy atom. The van der Waals surface area contributed by atoms with Gasteiger partial charge in [0.05, 0.1) is 15.6 Å². The second-order valence-corrected chi connectivity index (χ2v) is 11.4. The van der Waals surface area contributed by atoms with E-state index in [1.807, 2.05) is 49.4 Å². The highest BCUT2D eigenvalue weighted by molar-refractivity contribution is 7.22. The summed E-state index contributed by atoms with van der Waals surface area (Å²) in [5, 5.41) is 3.90. The number of carbonyl (C=O) groups excluding carboxylic acids is 1. The third-order valence-corrected chi connectivity index (χ3v) is 7.15. The van der Waals surface area contributed by atoms with Crippen LogP contribution in [0, 0.1) is 6.92 Å². The molecule has 0 atom stereocenters. The highest BCUT2D eigenvalue weighted by Crippen LogP contribution is 2.33. The largest absolute Gasteiger partial charge is 0.476 e. The van der Waals surface area contributed by atoms with Crippen molar-refractivity contribution < 1.29 is 13.9 Å². The Morgan fingerprint density at radius 3 is 2.57 bits per heavy atom.